The highest BCUT2D eigenvalue weighted by Gasteiger charge is 2.30. The SMILES string of the molecule is CCS(=O)(=O)N[C@H]1C=C[C@@H](CC(=O)NCc2ccc(Cl)cc2)O[C@@H]1CO. The van der Waals surface area contributed by atoms with Crippen LogP contribution in [-0.2, 0) is 26.1 Å². The van der Waals surface area contributed by atoms with E-state index in [-0.39, 0.29) is 24.7 Å². The first-order chi connectivity index (χ1) is 12.3. The summed E-state index contributed by atoms with van der Waals surface area (Å²) < 4.78 is 31.4. The van der Waals surface area contributed by atoms with Gasteiger partial charge in [0.2, 0.25) is 15.9 Å². The van der Waals surface area contributed by atoms with Crippen molar-refractivity contribution in [3.63, 3.8) is 0 Å². The second kappa shape index (κ2) is 9.48. The zero-order valence-electron chi connectivity index (χ0n) is 14.4. The number of carbonyl (C=O) groups is 1. The summed E-state index contributed by atoms with van der Waals surface area (Å²) in [5.41, 5.74) is 0.921. The van der Waals surface area contributed by atoms with Crippen molar-refractivity contribution in [3.05, 3.63) is 47.0 Å². The van der Waals surface area contributed by atoms with Crippen LogP contribution in [0.15, 0.2) is 36.4 Å². The summed E-state index contributed by atoms with van der Waals surface area (Å²) in [5.74, 6) is -0.273. The number of carbonyl (C=O) groups excluding carboxylic acids is 1. The molecule has 0 radical (unpaired) electrons. The number of aliphatic hydroxyl groups is 1. The summed E-state index contributed by atoms with van der Waals surface area (Å²) in [6, 6.07) is 6.49. The van der Waals surface area contributed by atoms with Gasteiger partial charge in [-0.1, -0.05) is 35.9 Å². The van der Waals surface area contributed by atoms with Crippen LogP contribution in [0.5, 0.6) is 0 Å². The second-order valence-corrected chi connectivity index (χ2v) is 8.41. The molecule has 0 fully saturated rings. The fourth-order valence-corrected chi connectivity index (χ4v) is 3.40. The molecule has 0 bridgehead atoms. The lowest BCUT2D eigenvalue weighted by Gasteiger charge is -2.31. The Balaban J connectivity index is 1.87. The van der Waals surface area contributed by atoms with E-state index in [1.54, 1.807) is 24.3 Å². The summed E-state index contributed by atoms with van der Waals surface area (Å²) in [5, 5.41) is 12.9. The normalized spacial score (nSPS) is 23.0. The van der Waals surface area contributed by atoms with Crippen molar-refractivity contribution in [2.45, 2.75) is 38.1 Å². The van der Waals surface area contributed by atoms with Crippen molar-refractivity contribution in [1.82, 2.24) is 10.0 Å². The van der Waals surface area contributed by atoms with Gasteiger partial charge in [-0.3, -0.25) is 4.79 Å². The number of hydrogen-bond donors (Lipinski definition) is 3. The van der Waals surface area contributed by atoms with Crippen LogP contribution < -0.4 is 10.0 Å². The summed E-state index contributed by atoms with van der Waals surface area (Å²) in [4.78, 5) is 12.1. The van der Waals surface area contributed by atoms with Crippen molar-refractivity contribution in [3.8, 4) is 0 Å². The van der Waals surface area contributed by atoms with Gasteiger partial charge in [-0.15, -0.1) is 0 Å². The third-order valence-electron chi connectivity index (χ3n) is 3.95. The number of halogens is 1. The van der Waals surface area contributed by atoms with E-state index in [9.17, 15) is 18.3 Å². The maximum absolute atomic E-state index is 12.1. The van der Waals surface area contributed by atoms with Gasteiger partial charge in [0.1, 0.15) is 6.10 Å². The number of aliphatic hydroxyl groups excluding tert-OH is 1. The molecule has 0 spiro atoms. The van der Waals surface area contributed by atoms with Gasteiger partial charge in [-0.25, -0.2) is 13.1 Å². The first kappa shape index (κ1) is 20.9. The molecule has 2 rings (SSSR count). The minimum Gasteiger partial charge on any atom is -0.394 e. The molecule has 1 aliphatic heterocycles. The Bertz CT molecular complexity index is 736. The summed E-state index contributed by atoms with van der Waals surface area (Å²) >= 11 is 5.82. The van der Waals surface area contributed by atoms with Crippen molar-refractivity contribution in [1.29, 1.82) is 0 Å². The van der Waals surface area contributed by atoms with Gasteiger partial charge in [0.15, 0.2) is 0 Å². The third kappa shape index (κ3) is 6.37. The van der Waals surface area contributed by atoms with Gasteiger partial charge >= 0.3 is 0 Å². The van der Waals surface area contributed by atoms with E-state index in [0.29, 0.717) is 11.6 Å². The molecular formula is C17H23ClN2O5S. The number of ether oxygens (including phenoxy) is 1. The van der Waals surface area contributed by atoms with E-state index in [2.05, 4.69) is 10.0 Å². The molecule has 3 atom stereocenters. The first-order valence-corrected chi connectivity index (χ1v) is 10.3. The molecule has 9 heteroatoms. The molecule has 1 amide bonds. The molecule has 7 nitrogen and oxygen atoms in total. The second-order valence-electron chi connectivity index (χ2n) is 5.93. The lowest BCUT2D eigenvalue weighted by atomic mass is 10.1. The average molecular weight is 403 g/mol. The number of rotatable bonds is 8. The lowest BCUT2D eigenvalue weighted by molar-refractivity contribution is -0.125. The Kier molecular flexibility index (Phi) is 7.60. The van der Waals surface area contributed by atoms with Crippen LogP contribution >= 0.6 is 11.6 Å². The van der Waals surface area contributed by atoms with Crippen LogP contribution in [0.2, 0.25) is 5.02 Å². The quantitative estimate of drug-likeness (QED) is 0.562. The van der Waals surface area contributed by atoms with Crippen molar-refractivity contribution >= 4 is 27.5 Å². The van der Waals surface area contributed by atoms with Crippen molar-refractivity contribution in [2.24, 2.45) is 0 Å². The molecule has 0 unspecified atom stereocenters. The molecule has 26 heavy (non-hydrogen) atoms. The van der Waals surface area contributed by atoms with E-state index in [0.717, 1.165) is 5.56 Å². The number of nitrogens with one attached hydrogen (secondary N) is 2. The number of sulfonamides is 1. The monoisotopic (exact) mass is 402 g/mol. The van der Waals surface area contributed by atoms with E-state index in [1.165, 1.54) is 6.92 Å². The minimum atomic E-state index is -3.43. The van der Waals surface area contributed by atoms with Crippen LogP contribution in [0.3, 0.4) is 0 Å². The Hall–Kier alpha value is -1.45. The Labute approximate surface area is 158 Å². The maximum atomic E-state index is 12.1. The van der Waals surface area contributed by atoms with E-state index >= 15 is 0 Å². The standard InChI is InChI=1S/C17H23ClN2O5S/c1-2-26(23,24)20-15-8-7-14(25-16(15)11-21)9-17(22)19-10-12-3-5-13(18)6-4-12/h3-8,14-16,20-21H,2,9-11H2,1H3,(H,19,22)/t14-,15-,16+/m0/s1. The fourth-order valence-electron chi connectivity index (χ4n) is 2.46. The predicted molar refractivity (Wildman–Crippen MR) is 99.2 cm³/mol. The largest absolute Gasteiger partial charge is 0.394 e. The number of amides is 1. The van der Waals surface area contributed by atoms with E-state index in [1.807, 2.05) is 12.1 Å². The van der Waals surface area contributed by atoms with Crippen LogP contribution in [-0.4, -0.2) is 50.0 Å². The van der Waals surface area contributed by atoms with Crippen molar-refractivity contribution < 1.29 is 23.1 Å². The molecule has 0 saturated carbocycles. The molecule has 144 valence electrons. The molecule has 1 aromatic rings. The zero-order valence-corrected chi connectivity index (χ0v) is 16.0. The highest BCUT2D eigenvalue weighted by molar-refractivity contribution is 7.89. The van der Waals surface area contributed by atoms with E-state index < -0.39 is 28.3 Å². The third-order valence-corrected chi connectivity index (χ3v) is 5.59. The van der Waals surface area contributed by atoms with E-state index in [4.69, 9.17) is 16.3 Å². The molecule has 3 N–H and O–H groups in total. The van der Waals surface area contributed by atoms with Gasteiger partial charge < -0.3 is 15.2 Å². The summed E-state index contributed by atoms with van der Waals surface area (Å²) in [7, 11) is -3.43. The van der Waals surface area contributed by atoms with Crippen molar-refractivity contribution in [2.75, 3.05) is 12.4 Å². The highest BCUT2D eigenvalue weighted by atomic mass is 35.5. The molecule has 0 aromatic heterocycles. The van der Waals surface area contributed by atoms with Gasteiger partial charge in [-0.2, -0.15) is 0 Å². The van der Waals surface area contributed by atoms with Crippen LogP contribution in [0.1, 0.15) is 18.9 Å². The molecular weight excluding hydrogens is 380 g/mol. The Morgan fingerprint density at radius 3 is 2.58 bits per heavy atom. The smallest absolute Gasteiger partial charge is 0.223 e. The lowest BCUT2D eigenvalue weighted by Crippen LogP contribution is -2.49. The highest BCUT2D eigenvalue weighted by Crippen LogP contribution is 2.16. The zero-order chi connectivity index (χ0) is 19.2. The minimum absolute atomic E-state index is 0.0635. The Morgan fingerprint density at radius 2 is 1.96 bits per heavy atom. The number of benzene rings is 1. The van der Waals surface area contributed by atoms with Gasteiger partial charge in [0.25, 0.3) is 0 Å². The maximum Gasteiger partial charge on any atom is 0.223 e. The van der Waals surface area contributed by atoms with Crippen LogP contribution in [0.25, 0.3) is 0 Å². The summed E-state index contributed by atoms with van der Waals surface area (Å²) in [6.45, 7) is 1.54. The predicted octanol–water partition coefficient (Wildman–Crippen LogP) is 0.970. The van der Waals surface area contributed by atoms with Crippen LogP contribution in [0.4, 0.5) is 0 Å². The molecule has 0 aliphatic carbocycles. The van der Waals surface area contributed by atoms with Crippen LogP contribution in [0, 0.1) is 0 Å². The van der Waals surface area contributed by atoms with Gasteiger partial charge in [-0.05, 0) is 24.6 Å². The average Bonchev–Trinajstić information content (AvgIpc) is 2.62. The number of hydrogen-bond acceptors (Lipinski definition) is 5. The summed E-state index contributed by atoms with van der Waals surface area (Å²) in [6.07, 6.45) is 2.06. The molecule has 1 aromatic carbocycles. The Morgan fingerprint density at radius 1 is 1.27 bits per heavy atom. The molecule has 0 saturated heterocycles. The molecule has 1 heterocycles. The van der Waals surface area contributed by atoms with Gasteiger partial charge in [0, 0.05) is 11.6 Å². The fraction of sp³-hybridized carbons (Fsp3) is 0.471. The topological polar surface area (TPSA) is 105 Å². The first-order valence-electron chi connectivity index (χ1n) is 8.28. The van der Waals surface area contributed by atoms with Gasteiger partial charge in [0.05, 0.1) is 30.9 Å². The molecule has 1 aliphatic rings.